The largest absolute Gasteiger partial charge is 0.497 e. The monoisotopic (exact) mass is 391 g/mol. The van der Waals surface area contributed by atoms with E-state index in [4.69, 9.17) is 9.47 Å². The van der Waals surface area contributed by atoms with Crippen molar-refractivity contribution in [2.45, 2.75) is 6.92 Å². The highest BCUT2D eigenvalue weighted by molar-refractivity contribution is 6.04. The van der Waals surface area contributed by atoms with Gasteiger partial charge in [0.25, 0.3) is 5.91 Å². The predicted molar refractivity (Wildman–Crippen MR) is 111 cm³/mol. The summed E-state index contributed by atoms with van der Waals surface area (Å²) in [6.45, 7) is 1.53. The minimum atomic E-state index is -0.324. The lowest BCUT2D eigenvalue weighted by atomic mass is 10.1. The van der Waals surface area contributed by atoms with E-state index < -0.39 is 0 Å². The molecule has 1 heterocycles. The van der Waals surface area contributed by atoms with Gasteiger partial charge in [0.05, 0.1) is 26.1 Å². The number of pyridine rings is 1. The summed E-state index contributed by atoms with van der Waals surface area (Å²) >= 11 is 0. The van der Waals surface area contributed by atoms with E-state index in [1.54, 1.807) is 48.7 Å². The van der Waals surface area contributed by atoms with Crippen molar-refractivity contribution in [1.82, 2.24) is 4.98 Å². The Morgan fingerprint density at radius 2 is 1.45 bits per heavy atom. The average Bonchev–Trinajstić information content (AvgIpc) is 2.75. The van der Waals surface area contributed by atoms with Crippen molar-refractivity contribution in [2.24, 2.45) is 0 Å². The van der Waals surface area contributed by atoms with Crippen molar-refractivity contribution in [2.75, 3.05) is 24.9 Å². The van der Waals surface area contributed by atoms with Gasteiger partial charge in [-0.05, 0) is 55.5 Å². The van der Waals surface area contributed by atoms with Crippen molar-refractivity contribution in [3.63, 3.8) is 0 Å². The molecular weight excluding hydrogens is 370 g/mol. The van der Waals surface area contributed by atoms with E-state index in [0.29, 0.717) is 28.4 Å². The van der Waals surface area contributed by atoms with Gasteiger partial charge in [-0.2, -0.15) is 0 Å². The second kappa shape index (κ2) is 8.88. The van der Waals surface area contributed by atoms with Crippen LogP contribution in [0.3, 0.4) is 0 Å². The van der Waals surface area contributed by atoms with E-state index >= 15 is 0 Å². The quantitative estimate of drug-likeness (QED) is 0.584. The number of aromatic nitrogens is 1. The Hall–Kier alpha value is -3.87. The average molecular weight is 391 g/mol. The smallest absolute Gasteiger partial charge is 0.257 e. The molecule has 0 aliphatic rings. The summed E-state index contributed by atoms with van der Waals surface area (Å²) in [5, 5.41) is 5.94. The number of nitrogens with zero attached hydrogens (tertiary/aromatic N) is 1. The Bertz CT molecular complexity index is 993. The van der Waals surface area contributed by atoms with Crippen LogP contribution in [0, 0.1) is 0 Å². The molecular formula is C22H21N3O4. The number of methoxy groups -OCH3 is 2. The fraction of sp³-hybridized carbons (Fsp3) is 0.136. The number of rotatable bonds is 7. The van der Waals surface area contributed by atoms with Crippen molar-refractivity contribution < 1.29 is 19.1 Å². The van der Waals surface area contributed by atoms with Crippen molar-refractivity contribution in [1.29, 1.82) is 0 Å². The van der Waals surface area contributed by atoms with Crippen LogP contribution in [-0.2, 0) is 0 Å². The first-order valence-electron chi connectivity index (χ1n) is 8.87. The molecule has 7 nitrogen and oxygen atoms in total. The molecule has 0 aliphatic heterocycles. The van der Waals surface area contributed by atoms with Crippen LogP contribution in [0.25, 0.3) is 0 Å². The Labute approximate surface area is 168 Å². The zero-order valence-corrected chi connectivity index (χ0v) is 16.4. The standard InChI is InChI=1S/C22H21N3O4/c1-14(26)15-4-6-17(7-5-15)24-18-8-9-21(23-13-18)25-22(27)16-10-19(28-2)12-20(11-16)29-3/h4-13,24H,1-3H3,(H,23,25,27). The third-order valence-electron chi connectivity index (χ3n) is 4.20. The highest BCUT2D eigenvalue weighted by Crippen LogP contribution is 2.23. The SMILES string of the molecule is COc1cc(OC)cc(C(=O)Nc2ccc(Nc3ccc(C(C)=O)cc3)cn2)c1. The lowest BCUT2D eigenvalue weighted by molar-refractivity contribution is 0.101. The zero-order chi connectivity index (χ0) is 20.8. The Morgan fingerprint density at radius 3 is 1.97 bits per heavy atom. The molecule has 0 radical (unpaired) electrons. The molecule has 0 bridgehead atoms. The van der Waals surface area contributed by atoms with Gasteiger partial charge in [0.1, 0.15) is 17.3 Å². The fourth-order valence-corrected chi connectivity index (χ4v) is 2.62. The summed E-state index contributed by atoms with van der Waals surface area (Å²) in [7, 11) is 3.05. The maximum atomic E-state index is 12.5. The second-order valence-electron chi connectivity index (χ2n) is 6.25. The van der Waals surface area contributed by atoms with Gasteiger partial charge >= 0.3 is 0 Å². The molecule has 0 saturated heterocycles. The summed E-state index contributed by atoms with van der Waals surface area (Å²) in [6, 6.07) is 15.6. The molecule has 3 rings (SSSR count). The van der Waals surface area contributed by atoms with E-state index in [9.17, 15) is 9.59 Å². The van der Waals surface area contributed by atoms with Gasteiger partial charge < -0.3 is 20.1 Å². The second-order valence-corrected chi connectivity index (χ2v) is 6.25. The number of anilines is 3. The lowest BCUT2D eigenvalue weighted by Crippen LogP contribution is -2.13. The number of benzene rings is 2. The summed E-state index contributed by atoms with van der Waals surface area (Å²) < 4.78 is 10.4. The van der Waals surface area contributed by atoms with Crippen LogP contribution in [-0.4, -0.2) is 30.9 Å². The minimum Gasteiger partial charge on any atom is -0.497 e. The Kier molecular flexibility index (Phi) is 6.09. The first-order valence-corrected chi connectivity index (χ1v) is 8.87. The molecule has 0 saturated carbocycles. The molecule has 3 aromatic rings. The molecule has 1 aromatic heterocycles. The molecule has 2 N–H and O–H groups in total. The van der Waals surface area contributed by atoms with Gasteiger partial charge in [-0.15, -0.1) is 0 Å². The molecule has 0 spiro atoms. The van der Waals surface area contributed by atoms with Crippen LogP contribution >= 0.6 is 0 Å². The molecule has 0 aliphatic carbocycles. The molecule has 148 valence electrons. The van der Waals surface area contributed by atoms with Gasteiger partial charge in [-0.3, -0.25) is 9.59 Å². The van der Waals surface area contributed by atoms with Gasteiger partial charge in [-0.1, -0.05) is 0 Å². The number of ether oxygens (including phenoxy) is 2. The number of hydrogen-bond donors (Lipinski definition) is 2. The van der Waals surface area contributed by atoms with Gasteiger partial charge in [-0.25, -0.2) is 4.98 Å². The van der Waals surface area contributed by atoms with Gasteiger partial charge in [0.2, 0.25) is 0 Å². The van der Waals surface area contributed by atoms with E-state index in [1.807, 2.05) is 12.1 Å². The normalized spacial score (nSPS) is 10.2. The molecule has 1 amide bonds. The topological polar surface area (TPSA) is 89.5 Å². The number of carbonyl (C=O) groups excluding carboxylic acids is 2. The summed E-state index contributed by atoms with van der Waals surface area (Å²) in [4.78, 5) is 28.1. The van der Waals surface area contributed by atoms with Crippen LogP contribution in [0.5, 0.6) is 11.5 Å². The van der Waals surface area contributed by atoms with E-state index in [1.165, 1.54) is 21.1 Å². The summed E-state index contributed by atoms with van der Waals surface area (Å²) in [6.07, 6.45) is 1.61. The molecule has 0 atom stereocenters. The maximum absolute atomic E-state index is 12.5. The van der Waals surface area contributed by atoms with Crippen molar-refractivity contribution in [3.8, 4) is 11.5 Å². The number of ketones is 1. The third kappa shape index (κ3) is 5.10. The van der Waals surface area contributed by atoms with Crippen LogP contribution < -0.4 is 20.1 Å². The van der Waals surface area contributed by atoms with Crippen molar-refractivity contribution >= 4 is 28.9 Å². The van der Waals surface area contributed by atoms with Crippen LogP contribution in [0.4, 0.5) is 17.2 Å². The maximum Gasteiger partial charge on any atom is 0.257 e. The zero-order valence-electron chi connectivity index (χ0n) is 16.4. The van der Waals surface area contributed by atoms with Crippen LogP contribution in [0.2, 0.25) is 0 Å². The summed E-state index contributed by atoms with van der Waals surface area (Å²) in [5.74, 6) is 1.16. The first-order chi connectivity index (χ1) is 14.0. The molecule has 29 heavy (non-hydrogen) atoms. The number of carbonyl (C=O) groups is 2. The number of hydrogen-bond acceptors (Lipinski definition) is 6. The first kappa shape index (κ1) is 19.9. The Morgan fingerprint density at radius 1 is 0.828 bits per heavy atom. The fourth-order valence-electron chi connectivity index (χ4n) is 2.62. The van der Waals surface area contributed by atoms with Gasteiger partial charge in [0, 0.05) is 22.9 Å². The molecule has 2 aromatic carbocycles. The number of Topliss-reactive ketones (excluding diaryl/α,β-unsaturated/α-hetero) is 1. The molecule has 7 heteroatoms. The number of amides is 1. The minimum absolute atomic E-state index is 0.0203. The van der Waals surface area contributed by atoms with Crippen LogP contribution in [0.1, 0.15) is 27.6 Å². The highest BCUT2D eigenvalue weighted by atomic mass is 16.5. The lowest BCUT2D eigenvalue weighted by Gasteiger charge is -2.10. The number of nitrogens with one attached hydrogen (secondary N) is 2. The van der Waals surface area contributed by atoms with E-state index in [0.717, 1.165) is 11.4 Å². The van der Waals surface area contributed by atoms with Crippen LogP contribution in [0.15, 0.2) is 60.8 Å². The van der Waals surface area contributed by atoms with E-state index in [-0.39, 0.29) is 11.7 Å². The predicted octanol–water partition coefficient (Wildman–Crippen LogP) is 4.30. The van der Waals surface area contributed by atoms with E-state index in [2.05, 4.69) is 15.6 Å². The Balaban J connectivity index is 1.67. The highest BCUT2D eigenvalue weighted by Gasteiger charge is 2.11. The molecule has 0 fully saturated rings. The van der Waals surface area contributed by atoms with Crippen molar-refractivity contribution in [3.05, 3.63) is 71.9 Å². The van der Waals surface area contributed by atoms with Gasteiger partial charge in [0.15, 0.2) is 5.78 Å². The third-order valence-corrected chi connectivity index (χ3v) is 4.20. The summed E-state index contributed by atoms with van der Waals surface area (Å²) in [5.41, 5.74) is 2.63. The molecule has 0 unspecified atom stereocenters.